The first-order valence-corrected chi connectivity index (χ1v) is 7.33. The minimum Gasteiger partial charge on any atom is -0.368 e. The molecular weight excluding hydrogens is 258 g/mol. The van der Waals surface area contributed by atoms with Gasteiger partial charge in [0.2, 0.25) is 5.95 Å². The fraction of sp³-hybridized carbons (Fsp3) is 0.538. The van der Waals surface area contributed by atoms with Gasteiger partial charge in [-0.3, -0.25) is 0 Å². The molecule has 0 saturated heterocycles. The van der Waals surface area contributed by atoms with Crippen LogP contribution in [0.15, 0.2) is 11.4 Å². The second kappa shape index (κ2) is 5.71. The van der Waals surface area contributed by atoms with Crippen molar-refractivity contribution >= 4 is 33.3 Å². The van der Waals surface area contributed by atoms with Gasteiger partial charge in [-0.25, -0.2) is 4.98 Å². The number of hydrogen-bond donors (Lipinski definition) is 1. The van der Waals surface area contributed by atoms with Crippen LogP contribution >= 0.6 is 11.3 Å². The van der Waals surface area contributed by atoms with E-state index in [1.807, 2.05) is 5.38 Å². The number of anilines is 2. The Morgan fingerprint density at radius 2 is 2.11 bits per heavy atom. The molecule has 0 aromatic carbocycles. The summed E-state index contributed by atoms with van der Waals surface area (Å²) in [6.45, 7) is 6.22. The Morgan fingerprint density at radius 3 is 2.74 bits per heavy atom. The van der Waals surface area contributed by atoms with Gasteiger partial charge in [-0.05, 0) is 39.4 Å². The Labute approximate surface area is 118 Å². The number of fused-ring (bicyclic) bond motifs is 1. The van der Waals surface area contributed by atoms with Gasteiger partial charge >= 0.3 is 0 Å². The van der Waals surface area contributed by atoms with Crippen LogP contribution in [0.3, 0.4) is 0 Å². The van der Waals surface area contributed by atoms with E-state index in [9.17, 15) is 0 Å². The van der Waals surface area contributed by atoms with Gasteiger partial charge in [0.1, 0.15) is 10.6 Å². The summed E-state index contributed by atoms with van der Waals surface area (Å²) in [4.78, 5) is 14.2. The zero-order valence-electron chi connectivity index (χ0n) is 11.9. The summed E-state index contributed by atoms with van der Waals surface area (Å²) in [6, 6.07) is 2.44. The largest absolute Gasteiger partial charge is 0.368 e. The molecule has 2 rings (SSSR count). The van der Waals surface area contributed by atoms with Gasteiger partial charge in [0.15, 0.2) is 0 Å². The van der Waals surface area contributed by atoms with Crippen LogP contribution in [0, 0.1) is 0 Å². The van der Waals surface area contributed by atoms with Crippen molar-refractivity contribution in [1.29, 1.82) is 0 Å². The lowest BCUT2D eigenvalue weighted by Gasteiger charge is -2.31. The van der Waals surface area contributed by atoms with E-state index in [1.54, 1.807) is 11.3 Å². The Kier molecular flexibility index (Phi) is 4.21. The Morgan fingerprint density at radius 1 is 1.37 bits per heavy atom. The molecule has 1 atom stereocenters. The SMILES string of the molecule is CCN(c1nc(N)nc2sccc12)C(C)CN(C)C. The van der Waals surface area contributed by atoms with Crippen LogP contribution in [0.2, 0.25) is 0 Å². The fourth-order valence-corrected chi connectivity index (χ4v) is 3.14. The number of thiophene rings is 1. The topological polar surface area (TPSA) is 58.3 Å². The summed E-state index contributed by atoms with van der Waals surface area (Å²) in [6.07, 6.45) is 0. The van der Waals surface area contributed by atoms with Gasteiger partial charge in [0, 0.05) is 19.1 Å². The molecule has 0 amide bonds. The smallest absolute Gasteiger partial charge is 0.223 e. The van der Waals surface area contributed by atoms with Crippen molar-refractivity contribution < 1.29 is 0 Å². The van der Waals surface area contributed by atoms with Crippen molar-refractivity contribution in [2.24, 2.45) is 0 Å². The highest BCUT2D eigenvalue weighted by Gasteiger charge is 2.19. The predicted molar refractivity (Wildman–Crippen MR) is 82.9 cm³/mol. The van der Waals surface area contributed by atoms with Gasteiger partial charge in [-0.2, -0.15) is 4.98 Å². The van der Waals surface area contributed by atoms with Gasteiger partial charge in [-0.1, -0.05) is 0 Å². The molecule has 0 aliphatic rings. The number of likely N-dealkylation sites (N-methyl/N-ethyl adjacent to an activating group) is 2. The average molecular weight is 279 g/mol. The summed E-state index contributed by atoms with van der Waals surface area (Å²) in [5, 5.41) is 3.12. The Hall–Kier alpha value is -1.40. The molecule has 2 aromatic heterocycles. The van der Waals surface area contributed by atoms with Crippen molar-refractivity contribution in [3.05, 3.63) is 11.4 Å². The third-order valence-electron chi connectivity index (χ3n) is 3.10. The minimum atomic E-state index is 0.348. The van der Waals surface area contributed by atoms with E-state index in [4.69, 9.17) is 5.73 Å². The average Bonchev–Trinajstić information content (AvgIpc) is 2.76. The highest BCUT2D eigenvalue weighted by atomic mass is 32.1. The number of aromatic nitrogens is 2. The molecule has 0 bridgehead atoms. The summed E-state index contributed by atoms with van der Waals surface area (Å²) in [7, 11) is 4.16. The lowest BCUT2D eigenvalue weighted by molar-refractivity contribution is 0.372. The second-order valence-corrected chi connectivity index (χ2v) is 5.84. The third kappa shape index (κ3) is 2.96. The van der Waals surface area contributed by atoms with Gasteiger partial charge in [-0.15, -0.1) is 11.3 Å². The van der Waals surface area contributed by atoms with Crippen molar-refractivity contribution in [1.82, 2.24) is 14.9 Å². The quantitative estimate of drug-likeness (QED) is 0.907. The van der Waals surface area contributed by atoms with E-state index >= 15 is 0 Å². The summed E-state index contributed by atoms with van der Waals surface area (Å²) in [5.74, 6) is 1.29. The van der Waals surface area contributed by atoms with Crippen molar-refractivity contribution in [3.8, 4) is 0 Å². The number of nitrogens with zero attached hydrogens (tertiary/aromatic N) is 4. The molecule has 2 N–H and O–H groups in total. The van der Waals surface area contributed by atoms with Crippen molar-refractivity contribution in [3.63, 3.8) is 0 Å². The maximum atomic E-state index is 5.83. The Bertz CT molecular complexity index is 551. The molecule has 0 spiro atoms. The first-order valence-electron chi connectivity index (χ1n) is 6.45. The standard InChI is InChI=1S/C13H21N5S/c1-5-18(9(2)8-17(3)4)11-10-6-7-19-12(10)16-13(14)15-11/h6-7,9H,5,8H2,1-4H3,(H2,14,15,16). The van der Waals surface area contributed by atoms with Crippen LogP contribution in [-0.2, 0) is 0 Å². The monoisotopic (exact) mass is 279 g/mol. The highest BCUT2D eigenvalue weighted by molar-refractivity contribution is 7.16. The second-order valence-electron chi connectivity index (χ2n) is 4.94. The number of rotatable bonds is 5. The Balaban J connectivity index is 2.42. The van der Waals surface area contributed by atoms with Crippen molar-refractivity contribution in [2.45, 2.75) is 19.9 Å². The van der Waals surface area contributed by atoms with Gasteiger partial charge in [0.25, 0.3) is 0 Å². The number of nitrogens with two attached hydrogens (primary N) is 1. The van der Waals surface area contributed by atoms with Crippen LogP contribution in [0.25, 0.3) is 10.2 Å². The van der Waals surface area contributed by atoms with E-state index in [0.29, 0.717) is 12.0 Å². The lowest BCUT2D eigenvalue weighted by atomic mass is 10.2. The fourth-order valence-electron chi connectivity index (χ4n) is 2.37. The molecule has 0 fully saturated rings. The van der Waals surface area contributed by atoms with Gasteiger partial charge in [0.05, 0.1) is 5.39 Å². The molecule has 2 aromatic rings. The molecule has 5 nitrogen and oxygen atoms in total. The van der Waals surface area contributed by atoms with Crippen LogP contribution < -0.4 is 10.6 Å². The molecule has 0 radical (unpaired) electrons. The molecule has 0 aliphatic heterocycles. The molecule has 0 saturated carbocycles. The first kappa shape index (κ1) is 14.0. The van der Waals surface area contributed by atoms with Crippen LogP contribution in [0.4, 0.5) is 11.8 Å². The molecule has 104 valence electrons. The maximum absolute atomic E-state index is 5.83. The van der Waals surface area contributed by atoms with E-state index in [2.05, 4.69) is 53.8 Å². The molecule has 6 heteroatoms. The summed E-state index contributed by atoms with van der Waals surface area (Å²) >= 11 is 1.60. The third-order valence-corrected chi connectivity index (χ3v) is 3.90. The number of nitrogen functional groups attached to an aromatic ring is 1. The molecule has 2 heterocycles. The van der Waals surface area contributed by atoms with E-state index in [-0.39, 0.29) is 0 Å². The van der Waals surface area contributed by atoms with Crippen LogP contribution in [0.5, 0.6) is 0 Å². The molecule has 1 unspecified atom stereocenters. The highest BCUT2D eigenvalue weighted by Crippen LogP contribution is 2.29. The number of hydrogen-bond acceptors (Lipinski definition) is 6. The molecule has 0 aliphatic carbocycles. The van der Waals surface area contributed by atoms with Crippen LogP contribution in [0.1, 0.15) is 13.8 Å². The predicted octanol–water partition coefficient (Wildman–Crippen LogP) is 2.05. The maximum Gasteiger partial charge on any atom is 0.223 e. The normalized spacial score (nSPS) is 13.1. The summed E-state index contributed by atoms with van der Waals surface area (Å²) in [5.41, 5.74) is 5.83. The first-order chi connectivity index (χ1) is 9.02. The van der Waals surface area contributed by atoms with E-state index in [0.717, 1.165) is 29.1 Å². The van der Waals surface area contributed by atoms with Crippen molar-refractivity contribution in [2.75, 3.05) is 37.8 Å². The van der Waals surface area contributed by atoms with Crippen LogP contribution in [-0.4, -0.2) is 48.1 Å². The van der Waals surface area contributed by atoms with E-state index < -0.39 is 0 Å². The molecular formula is C13H21N5S. The zero-order valence-corrected chi connectivity index (χ0v) is 12.7. The zero-order chi connectivity index (χ0) is 14.0. The lowest BCUT2D eigenvalue weighted by Crippen LogP contribution is -2.40. The van der Waals surface area contributed by atoms with Gasteiger partial charge < -0.3 is 15.5 Å². The summed E-state index contributed by atoms with van der Waals surface area (Å²) < 4.78 is 0. The molecule has 19 heavy (non-hydrogen) atoms. The van der Waals surface area contributed by atoms with E-state index in [1.165, 1.54) is 0 Å². The minimum absolute atomic E-state index is 0.348.